The van der Waals surface area contributed by atoms with Crippen LogP contribution in [-0.4, -0.2) is 46.3 Å². The zero-order valence-electron chi connectivity index (χ0n) is 14.2. The second-order valence-corrected chi connectivity index (χ2v) is 9.83. The van der Waals surface area contributed by atoms with E-state index in [1.54, 1.807) is 24.3 Å². The van der Waals surface area contributed by atoms with Gasteiger partial charge in [-0.15, -0.1) is 10.2 Å². The molecule has 1 atom stereocenters. The molecular weight excluding hydrogens is 396 g/mol. The Balaban J connectivity index is 1.55. The van der Waals surface area contributed by atoms with E-state index in [4.69, 9.17) is 11.6 Å². The number of benzene rings is 1. The van der Waals surface area contributed by atoms with Gasteiger partial charge in [0.2, 0.25) is 5.91 Å². The minimum Gasteiger partial charge on any atom is -0.324 e. The Bertz CT molecular complexity index is 914. The predicted octanol–water partition coefficient (Wildman–Crippen LogP) is 2.18. The van der Waals surface area contributed by atoms with E-state index in [9.17, 15) is 13.2 Å². The Kier molecular flexibility index (Phi) is 5.89. The Morgan fingerprint density at radius 2 is 2.15 bits per heavy atom. The zero-order chi connectivity index (χ0) is 18.7. The summed E-state index contributed by atoms with van der Waals surface area (Å²) in [5.74, 6) is 1.27. The van der Waals surface area contributed by atoms with Gasteiger partial charge < -0.3 is 9.88 Å². The molecule has 3 rings (SSSR count). The number of sulfone groups is 1. The highest BCUT2D eigenvalue weighted by Crippen LogP contribution is 2.24. The molecule has 0 spiro atoms. The number of rotatable bonds is 6. The molecule has 26 heavy (non-hydrogen) atoms. The summed E-state index contributed by atoms with van der Waals surface area (Å²) in [6, 6.07) is 7.04. The first-order chi connectivity index (χ1) is 12.3. The summed E-state index contributed by atoms with van der Waals surface area (Å²) in [6.45, 7) is 0. The summed E-state index contributed by atoms with van der Waals surface area (Å²) in [4.78, 5) is 12.1. The van der Waals surface area contributed by atoms with E-state index in [1.165, 1.54) is 11.8 Å². The number of nitrogens with zero attached hydrogens (tertiary/aromatic N) is 3. The van der Waals surface area contributed by atoms with Crippen molar-refractivity contribution in [2.45, 2.75) is 18.0 Å². The van der Waals surface area contributed by atoms with Crippen LogP contribution in [0.15, 0.2) is 29.4 Å². The lowest BCUT2D eigenvalue weighted by atomic mass is 10.1. The molecule has 1 aliphatic heterocycles. The fraction of sp³-hybridized carbons (Fsp3) is 0.438. The molecule has 7 nitrogen and oxygen atoms in total. The largest absolute Gasteiger partial charge is 0.324 e. The second kappa shape index (κ2) is 7.98. The third-order valence-electron chi connectivity index (χ3n) is 4.20. The summed E-state index contributed by atoms with van der Waals surface area (Å²) in [5, 5.41) is 12.1. The standard InChI is InChI=1S/C16H19ClN4O3S2/c1-21-14(8-11-6-7-26(23,24)10-11)19-20-16(21)25-9-15(22)18-13-5-3-2-4-12(13)17/h2-5,11H,6-10H2,1H3,(H,18,22)/t11-/m0/s1. The van der Waals surface area contributed by atoms with E-state index in [0.717, 1.165) is 5.82 Å². The maximum Gasteiger partial charge on any atom is 0.234 e. The number of aromatic nitrogens is 3. The maximum atomic E-state index is 12.1. The molecule has 1 aliphatic rings. The summed E-state index contributed by atoms with van der Waals surface area (Å²) in [5.41, 5.74) is 0.570. The minimum absolute atomic E-state index is 0.0873. The second-order valence-electron chi connectivity index (χ2n) is 6.25. The maximum absolute atomic E-state index is 12.1. The SMILES string of the molecule is Cn1c(C[C@@H]2CCS(=O)(=O)C2)nnc1SCC(=O)Nc1ccccc1Cl. The van der Waals surface area contributed by atoms with E-state index < -0.39 is 9.84 Å². The van der Waals surface area contributed by atoms with Crippen LogP contribution < -0.4 is 5.32 Å². The molecule has 140 valence electrons. The number of halogens is 1. The van der Waals surface area contributed by atoms with Crippen molar-refractivity contribution in [1.29, 1.82) is 0 Å². The third-order valence-corrected chi connectivity index (χ3v) is 7.39. The average Bonchev–Trinajstić information content (AvgIpc) is 3.11. The van der Waals surface area contributed by atoms with Gasteiger partial charge >= 0.3 is 0 Å². The summed E-state index contributed by atoms with van der Waals surface area (Å²) in [7, 11) is -1.08. The first-order valence-corrected chi connectivity index (χ1v) is 11.3. The molecule has 1 aromatic heterocycles. The molecule has 0 radical (unpaired) electrons. The number of carbonyl (C=O) groups is 1. The van der Waals surface area contributed by atoms with Gasteiger partial charge in [-0.05, 0) is 24.5 Å². The van der Waals surface area contributed by atoms with Gasteiger partial charge in [0.15, 0.2) is 15.0 Å². The highest BCUT2D eigenvalue weighted by atomic mass is 35.5. The molecule has 0 saturated carbocycles. The Morgan fingerprint density at radius 1 is 1.38 bits per heavy atom. The highest BCUT2D eigenvalue weighted by Gasteiger charge is 2.29. The summed E-state index contributed by atoms with van der Waals surface area (Å²) < 4.78 is 25.0. The number of thioether (sulfide) groups is 1. The van der Waals surface area contributed by atoms with E-state index in [1.807, 2.05) is 11.6 Å². The van der Waals surface area contributed by atoms with E-state index in [0.29, 0.717) is 28.7 Å². The third kappa shape index (κ3) is 4.77. The van der Waals surface area contributed by atoms with Crippen LogP contribution in [0, 0.1) is 5.92 Å². The van der Waals surface area contributed by atoms with Crippen molar-refractivity contribution in [2.75, 3.05) is 22.6 Å². The van der Waals surface area contributed by atoms with Gasteiger partial charge in [-0.3, -0.25) is 4.79 Å². The molecule has 0 unspecified atom stereocenters. The quantitative estimate of drug-likeness (QED) is 0.728. The lowest BCUT2D eigenvalue weighted by Crippen LogP contribution is -2.15. The van der Waals surface area contributed by atoms with Crippen molar-refractivity contribution in [2.24, 2.45) is 13.0 Å². The lowest BCUT2D eigenvalue weighted by Gasteiger charge is -2.08. The highest BCUT2D eigenvalue weighted by molar-refractivity contribution is 7.99. The molecule has 1 amide bonds. The molecule has 1 fully saturated rings. The summed E-state index contributed by atoms with van der Waals surface area (Å²) >= 11 is 7.30. The number of amides is 1. The van der Waals surface area contributed by atoms with Gasteiger partial charge in [0, 0.05) is 13.5 Å². The molecule has 0 aliphatic carbocycles. The van der Waals surface area contributed by atoms with Crippen molar-refractivity contribution in [3.8, 4) is 0 Å². The Labute approximate surface area is 161 Å². The van der Waals surface area contributed by atoms with Gasteiger partial charge in [-0.1, -0.05) is 35.5 Å². The molecule has 10 heteroatoms. The molecule has 2 heterocycles. The van der Waals surface area contributed by atoms with E-state index in [-0.39, 0.29) is 29.1 Å². The molecule has 1 aromatic carbocycles. The smallest absolute Gasteiger partial charge is 0.234 e. The summed E-state index contributed by atoms with van der Waals surface area (Å²) in [6.07, 6.45) is 1.24. The predicted molar refractivity (Wildman–Crippen MR) is 102 cm³/mol. The van der Waals surface area contributed by atoms with Crippen LogP contribution in [0.2, 0.25) is 5.02 Å². The van der Waals surface area contributed by atoms with Gasteiger partial charge in [-0.2, -0.15) is 0 Å². The normalized spacial score (nSPS) is 18.8. The molecule has 1 N–H and O–H groups in total. The molecule has 2 aromatic rings. The monoisotopic (exact) mass is 414 g/mol. The van der Waals surface area contributed by atoms with Gasteiger partial charge in [0.1, 0.15) is 5.82 Å². The molecule has 0 bridgehead atoms. The van der Waals surface area contributed by atoms with Crippen LogP contribution >= 0.6 is 23.4 Å². The first-order valence-electron chi connectivity index (χ1n) is 8.10. The average molecular weight is 415 g/mol. The number of hydrogen-bond acceptors (Lipinski definition) is 6. The number of anilines is 1. The van der Waals surface area contributed by atoms with Crippen molar-refractivity contribution < 1.29 is 13.2 Å². The zero-order valence-corrected chi connectivity index (χ0v) is 16.6. The van der Waals surface area contributed by atoms with Gasteiger partial charge in [0.05, 0.1) is 28.0 Å². The van der Waals surface area contributed by atoms with Crippen LogP contribution in [0.4, 0.5) is 5.69 Å². The van der Waals surface area contributed by atoms with Gasteiger partial charge in [-0.25, -0.2) is 8.42 Å². The number of nitrogens with one attached hydrogen (secondary N) is 1. The van der Waals surface area contributed by atoms with Crippen LogP contribution in [0.5, 0.6) is 0 Å². The minimum atomic E-state index is -2.90. The Hall–Kier alpha value is -1.58. The fourth-order valence-electron chi connectivity index (χ4n) is 2.82. The number of carbonyl (C=O) groups excluding carboxylic acids is 1. The van der Waals surface area contributed by atoms with Crippen LogP contribution in [0.1, 0.15) is 12.2 Å². The topological polar surface area (TPSA) is 93.9 Å². The Morgan fingerprint density at radius 3 is 2.85 bits per heavy atom. The van der Waals surface area contributed by atoms with Crippen molar-refractivity contribution in [3.63, 3.8) is 0 Å². The lowest BCUT2D eigenvalue weighted by molar-refractivity contribution is -0.113. The fourth-order valence-corrected chi connectivity index (χ4v) is 5.59. The molecule has 1 saturated heterocycles. The van der Waals surface area contributed by atoms with E-state index in [2.05, 4.69) is 15.5 Å². The number of hydrogen-bond donors (Lipinski definition) is 1. The van der Waals surface area contributed by atoms with Crippen LogP contribution in [0.25, 0.3) is 0 Å². The van der Waals surface area contributed by atoms with Gasteiger partial charge in [0.25, 0.3) is 0 Å². The first kappa shape index (κ1) is 19.2. The number of para-hydroxylation sites is 1. The van der Waals surface area contributed by atoms with Crippen molar-refractivity contribution in [1.82, 2.24) is 14.8 Å². The molecular formula is C16H19ClN4O3S2. The van der Waals surface area contributed by atoms with Crippen molar-refractivity contribution >= 4 is 44.8 Å². The van der Waals surface area contributed by atoms with E-state index >= 15 is 0 Å². The van der Waals surface area contributed by atoms with Crippen LogP contribution in [0.3, 0.4) is 0 Å². The van der Waals surface area contributed by atoms with Crippen LogP contribution in [-0.2, 0) is 28.1 Å². The van der Waals surface area contributed by atoms with Crippen molar-refractivity contribution in [3.05, 3.63) is 35.1 Å².